The van der Waals surface area contributed by atoms with E-state index in [-0.39, 0.29) is 24.8 Å². The molecule has 0 bridgehead atoms. The normalized spacial score (nSPS) is 10.2. The first-order valence-corrected chi connectivity index (χ1v) is 11.1. The Morgan fingerprint density at radius 2 is 1.37 bits per heavy atom. The minimum Gasteiger partial charge on any atom is -1.00 e. The van der Waals surface area contributed by atoms with E-state index in [1.807, 2.05) is 72.8 Å². The van der Waals surface area contributed by atoms with Crippen molar-refractivity contribution >= 4 is 4.21 Å². The molecule has 1 aliphatic rings. The second kappa shape index (κ2) is 32.4. The third-order valence-electron chi connectivity index (χ3n) is 3.46. The van der Waals surface area contributed by atoms with Gasteiger partial charge in [0.25, 0.3) is 0 Å². The van der Waals surface area contributed by atoms with Crippen LogP contribution in [0.1, 0.15) is 40.0 Å². The van der Waals surface area contributed by atoms with E-state index in [0.29, 0.717) is 0 Å². The van der Waals surface area contributed by atoms with Gasteiger partial charge in [0.05, 0.1) is 0 Å². The van der Waals surface area contributed by atoms with Gasteiger partial charge in [0.1, 0.15) is 0 Å². The largest absolute Gasteiger partial charge is 1.00 e. The summed E-state index contributed by atoms with van der Waals surface area (Å²) in [5, 5.41) is 0. The van der Waals surface area contributed by atoms with Crippen molar-refractivity contribution in [1.29, 1.82) is 0 Å². The standard InChI is InChI=1S/C9H15.2C6H5.C5H5.CH2.2ClH.Zr/c1-5-8(4)9(6-2)7-3;2*1-2-4-6-5-3-1;1-2-4-5-3-1;;;;/h2,6H,5,7H2,1,3-4H3;2*1-5H;1-3H,4H2;1H2;2*1H;/q4*-1;;;;+2/p-2. The van der Waals surface area contributed by atoms with Crippen molar-refractivity contribution < 1.29 is 49.0 Å². The number of halogens is 2. The molecule has 0 amide bonds. The van der Waals surface area contributed by atoms with Gasteiger partial charge in [-0.1, -0.05) is 33.6 Å². The molecule has 3 heteroatoms. The Morgan fingerprint density at radius 3 is 1.47 bits per heavy atom. The number of allylic oxidation sites excluding steroid dienone is 7. The fourth-order valence-electron chi connectivity index (χ4n) is 1.81. The third kappa shape index (κ3) is 26.7. The van der Waals surface area contributed by atoms with Crippen LogP contribution < -0.4 is 24.8 Å². The van der Waals surface area contributed by atoms with Gasteiger partial charge in [-0.3, -0.25) is 12.7 Å². The van der Waals surface area contributed by atoms with Gasteiger partial charge in [-0.2, -0.15) is 90.0 Å². The zero-order chi connectivity index (χ0) is 21.3. The molecule has 3 rings (SSSR count). The molecular weight excluding hydrogens is 486 g/mol. The van der Waals surface area contributed by atoms with Crippen LogP contribution in [0.2, 0.25) is 0 Å². The van der Waals surface area contributed by atoms with E-state index in [4.69, 9.17) is 6.58 Å². The first kappa shape index (κ1) is 36.1. The summed E-state index contributed by atoms with van der Waals surface area (Å²) in [7, 11) is 0. The van der Waals surface area contributed by atoms with Gasteiger partial charge in [-0.05, 0) is 0 Å². The Hall–Kier alpha value is -1.27. The first-order chi connectivity index (χ1) is 13.8. The SMILES string of the molecule is [C-]1=CC=CC1.[CH-]=CC(CC)=C(C)CC.[CH2]=[Zr+2].[Cl-].[Cl-].[c-]1ccccc1.[c-]1ccccc1. The van der Waals surface area contributed by atoms with Gasteiger partial charge in [0.2, 0.25) is 0 Å². The summed E-state index contributed by atoms with van der Waals surface area (Å²) >= 11 is 1.30. The summed E-state index contributed by atoms with van der Waals surface area (Å²) in [6, 6.07) is 25.0. The minimum atomic E-state index is 0. The monoisotopic (exact) mass is 516 g/mol. The number of hydrogen-bond acceptors (Lipinski definition) is 0. The van der Waals surface area contributed by atoms with Crippen LogP contribution in [0.5, 0.6) is 0 Å². The van der Waals surface area contributed by atoms with Crippen molar-refractivity contribution in [2.45, 2.75) is 40.0 Å². The van der Waals surface area contributed by atoms with Crippen molar-refractivity contribution in [3.05, 3.63) is 121 Å². The van der Waals surface area contributed by atoms with Gasteiger partial charge in [-0.25, -0.2) is 18.2 Å². The first-order valence-electron chi connectivity index (χ1n) is 9.39. The number of benzene rings is 2. The molecule has 30 heavy (non-hydrogen) atoms. The molecular formula is C27H32Cl2Zr-4. The van der Waals surface area contributed by atoms with Gasteiger partial charge >= 0.3 is 28.4 Å². The summed E-state index contributed by atoms with van der Waals surface area (Å²) in [5.41, 5.74) is 2.69. The van der Waals surface area contributed by atoms with E-state index in [1.165, 1.54) is 35.4 Å². The van der Waals surface area contributed by atoms with Crippen molar-refractivity contribution in [2.24, 2.45) is 0 Å². The Balaban J connectivity index is -0.000000145. The Labute approximate surface area is 213 Å². The third-order valence-corrected chi connectivity index (χ3v) is 3.46. The molecule has 0 atom stereocenters. The minimum absolute atomic E-state index is 0. The van der Waals surface area contributed by atoms with Crippen LogP contribution in [-0.2, 0) is 24.2 Å². The number of hydrogen-bond donors (Lipinski definition) is 0. The summed E-state index contributed by atoms with van der Waals surface area (Å²) < 4.78 is 3.34. The molecule has 0 heterocycles. The van der Waals surface area contributed by atoms with Crippen LogP contribution in [0.4, 0.5) is 0 Å². The predicted molar refractivity (Wildman–Crippen MR) is 121 cm³/mol. The van der Waals surface area contributed by atoms with E-state index in [2.05, 4.69) is 49.3 Å². The summed E-state index contributed by atoms with van der Waals surface area (Å²) in [6.07, 6.45) is 13.9. The Kier molecular flexibility index (Phi) is 39.0. The molecule has 2 aromatic rings. The quantitative estimate of drug-likeness (QED) is 0.426. The van der Waals surface area contributed by atoms with Crippen molar-refractivity contribution in [3.63, 3.8) is 0 Å². The van der Waals surface area contributed by atoms with Gasteiger partial charge in [0, 0.05) is 0 Å². The molecule has 0 aliphatic heterocycles. The molecule has 2 aromatic carbocycles. The average Bonchev–Trinajstić information content (AvgIpc) is 3.39. The fraction of sp³-hybridized carbons (Fsp3) is 0.222. The van der Waals surface area contributed by atoms with Crippen LogP contribution in [0.3, 0.4) is 0 Å². The second-order valence-electron chi connectivity index (χ2n) is 5.34. The molecule has 0 nitrogen and oxygen atoms in total. The van der Waals surface area contributed by atoms with Crippen molar-refractivity contribution in [1.82, 2.24) is 0 Å². The van der Waals surface area contributed by atoms with Crippen LogP contribution in [-0.4, -0.2) is 4.21 Å². The van der Waals surface area contributed by atoms with Crippen molar-refractivity contribution in [2.75, 3.05) is 0 Å². The molecule has 0 saturated heterocycles. The predicted octanol–water partition coefficient (Wildman–Crippen LogP) is 1.36. The van der Waals surface area contributed by atoms with Crippen LogP contribution in [0.15, 0.2) is 96.1 Å². The maximum absolute atomic E-state index is 5.38. The molecule has 1 aliphatic carbocycles. The van der Waals surface area contributed by atoms with E-state index < -0.39 is 0 Å². The average molecular weight is 519 g/mol. The fourth-order valence-corrected chi connectivity index (χ4v) is 1.81. The molecule has 0 spiro atoms. The zero-order valence-corrected chi connectivity index (χ0v) is 22.2. The zero-order valence-electron chi connectivity index (χ0n) is 18.2. The van der Waals surface area contributed by atoms with E-state index in [1.54, 1.807) is 6.08 Å². The van der Waals surface area contributed by atoms with E-state index in [0.717, 1.165) is 19.3 Å². The Bertz CT molecular complexity index is 552. The number of rotatable bonds is 3. The van der Waals surface area contributed by atoms with Crippen molar-refractivity contribution in [3.8, 4) is 0 Å². The molecule has 0 radical (unpaired) electrons. The van der Waals surface area contributed by atoms with Crippen LogP contribution in [0.25, 0.3) is 0 Å². The van der Waals surface area contributed by atoms with Gasteiger partial charge in [-0.15, -0.1) is 6.42 Å². The topological polar surface area (TPSA) is 0 Å². The van der Waals surface area contributed by atoms with Gasteiger partial charge < -0.3 is 24.8 Å². The molecule has 0 fully saturated rings. The summed E-state index contributed by atoms with van der Waals surface area (Å²) in [5.74, 6) is 0. The van der Waals surface area contributed by atoms with Gasteiger partial charge in [0.15, 0.2) is 0 Å². The molecule has 0 N–H and O–H groups in total. The maximum Gasteiger partial charge on any atom is -0.171 e. The molecule has 162 valence electrons. The molecule has 0 unspecified atom stereocenters. The molecule has 0 saturated carbocycles. The second-order valence-corrected chi connectivity index (χ2v) is 5.34. The van der Waals surface area contributed by atoms with E-state index in [9.17, 15) is 0 Å². The van der Waals surface area contributed by atoms with Crippen LogP contribution in [0, 0.1) is 24.8 Å². The van der Waals surface area contributed by atoms with E-state index >= 15 is 0 Å². The molecule has 0 aromatic heterocycles. The maximum atomic E-state index is 5.38. The Morgan fingerprint density at radius 1 is 0.900 bits per heavy atom. The summed E-state index contributed by atoms with van der Waals surface area (Å²) in [4.78, 5) is 0. The van der Waals surface area contributed by atoms with Crippen LogP contribution >= 0.6 is 0 Å². The summed E-state index contributed by atoms with van der Waals surface area (Å²) in [6.45, 7) is 11.8. The smallest absolute Gasteiger partial charge is 0.171 e.